The Bertz CT molecular complexity index is 536. The molecule has 112 valence electrons. The summed E-state index contributed by atoms with van der Waals surface area (Å²) in [5.74, 6) is -0.808. The first-order chi connectivity index (χ1) is 10.2. The molecule has 0 spiro atoms. The number of amides is 2. The summed E-state index contributed by atoms with van der Waals surface area (Å²) < 4.78 is 5.31. The SMILES string of the molecule is O=C1CC(c2ccccc2)C(=O)N1C1(CO)CCOCC1. The second-order valence-corrected chi connectivity index (χ2v) is 5.73. The average Bonchev–Trinajstić information content (AvgIpc) is 2.84. The van der Waals surface area contributed by atoms with E-state index >= 15 is 0 Å². The standard InChI is InChI=1S/C16H19NO4/c18-11-16(6-8-21-9-7-16)17-14(19)10-13(15(17)20)12-4-2-1-3-5-12/h1-5,13,18H,6-11H2. The van der Waals surface area contributed by atoms with Gasteiger partial charge in [-0.1, -0.05) is 30.3 Å². The molecule has 0 aromatic heterocycles. The number of carbonyl (C=O) groups excluding carboxylic acids is 2. The minimum atomic E-state index is -0.782. The second kappa shape index (κ2) is 5.58. The van der Waals surface area contributed by atoms with Crippen LogP contribution in [-0.4, -0.2) is 47.2 Å². The number of aliphatic hydroxyl groups is 1. The van der Waals surface area contributed by atoms with Crippen molar-refractivity contribution >= 4 is 11.8 Å². The normalized spacial score (nSPS) is 25.4. The molecule has 2 saturated heterocycles. The Morgan fingerprint density at radius 1 is 1.19 bits per heavy atom. The summed E-state index contributed by atoms with van der Waals surface area (Å²) >= 11 is 0. The molecule has 2 heterocycles. The zero-order valence-corrected chi connectivity index (χ0v) is 11.8. The van der Waals surface area contributed by atoms with Crippen molar-refractivity contribution in [1.29, 1.82) is 0 Å². The van der Waals surface area contributed by atoms with E-state index < -0.39 is 11.5 Å². The van der Waals surface area contributed by atoms with E-state index in [0.717, 1.165) is 5.56 Å². The molecule has 5 heteroatoms. The van der Waals surface area contributed by atoms with Gasteiger partial charge in [0.25, 0.3) is 0 Å². The Balaban J connectivity index is 1.90. The second-order valence-electron chi connectivity index (χ2n) is 5.73. The molecule has 5 nitrogen and oxygen atoms in total. The molecule has 2 aliphatic rings. The molecule has 0 aliphatic carbocycles. The van der Waals surface area contributed by atoms with E-state index in [1.54, 1.807) is 0 Å². The fourth-order valence-corrected chi connectivity index (χ4v) is 3.28. The van der Waals surface area contributed by atoms with Crippen LogP contribution in [0, 0.1) is 0 Å². The van der Waals surface area contributed by atoms with E-state index in [-0.39, 0.29) is 24.8 Å². The van der Waals surface area contributed by atoms with Crippen LogP contribution in [-0.2, 0) is 14.3 Å². The van der Waals surface area contributed by atoms with Crippen molar-refractivity contribution in [2.24, 2.45) is 0 Å². The largest absolute Gasteiger partial charge is 0.394 e. The lowest BCUT2D eigenvalue weighted by molar-refractivity contribution is -0.153. The van der Waals surface area contributed by atoms with Gasteiger partial charge >= 0.3 is 0 Å². The first-order valence-corrected chi connectivity index (χ1v) is 7.28. The highest BCUT2D eigenvalue weighted by atomic mass is 16.5. The first kappa shape index (κ1) is 14.2. The minimum absolute atomic E-state index is 0.186. The lowest BCUT2D eigenvalue weighted by Gasteiger charge is -2.42. The van der Waals surface area contributed by atoms with Crippen molar-refractivity contribution in [2.75, 3.05) is 19.8 Å². The molecule has 2 aliphatic heterocycles. The average molecular weight is 289 g/mol. The zero-order chi connectivity index (χ0) is 14.9. The van der Waals surface area contributed by atoms with Crippen molar-refractivity contribution in [3.05, 3.63) is 35.9 Å². The Kier molecular flexibility index (Phi) is 3.78. The number of aliphatic hydroxyl groups excluding tert-OH is 1. The molecule has 1 aromatic carbocycles. The van der Waals surface area contributed by atoms with Crippen molar-refractivity contribution < 1.29 is 19.4 Å². The molecule has 0 radical (unpaired) electrons. The van der Waals surface area contributed by atoms with Crippen molar-refractivity contribution in [2.45, 2.75) is 30.7 Å². The van der Waals surface area contributed by atoms with Gasteiger partial charge in [0, 0.05) is 19.6 Å². The van der Waals surface area contributed by atoms with Crippen LogP contribution in [0.2, 0.25) is 0 Å². The number of ether oxygens (including phenoxy) is 1. The highest BCUT2D eigenvalue weighted by molar-refractivity contribution is 6.07. The third-order valence-electron chi connectivity index (χ3n) is 4.54. The minimum Gasteiger partial charge on any atom is -0.394 e. The molecule has 3 rings (SSSR count). The highest BCUT2D eigenvalue weighted by Gasteiger charge is 2.50. The Labute approximate surface area is 123 Å². The number of nitrogens with zero attached hydrogens (tertiary/aromatic N) is 1. The summed E-state index contributed by atoms with van der Waals surface area (Å²) in [6, 6.07) is 9.36. The molecule has 1 N–H and O–H groups in total. The third kappa shape index (κ3) is 2.36. The van der Waals surface area contributed by atoms with E-state index in [9.17, 15) is 14.7 Å². The van der Waals surface area contributed by atoms with Gasteiger partial charge in [-0.3, -0.25) is 14.5 Å². The summed E-state index contributed by atoms with van der Waals surface area (Å²) in [5.41, 5.74) is 0.0779. The van der Waals surface area contributed by atoms with Gasteiger partial charge in [-0.2, -0.15) is 0 Å². The molecule has 1 unspecified atom stereocenters. The van der Waals surface area contributed by atoms with Gasteiger partial charge < -0.3 is 9.84 Å². The quantitative estimate of drug-likeness (QED) is 0.845. The monoisotopic (exact) mass is 289 g/mol. The van der Waals surface area contributed by atoms with E-state index in [2.05, 4.69) is 0 Å². The van der Waals surface area contributed by atoms with Crippen molar-refractivity contribution in [3.63, 3.8) is 0 Å². The van der Waals surface area contributed by atoms with Crippen LogP contribution in [0.15, 0.2) is 30.3 Å². The lowest BCUT2D eigenvalue weighted by Crippen LogP contribution is -2.57. The van der Waals surface area contributed by atoms with E-state index in [0.29, 0.717) is 26.1 Å². The van der Waals surface area contributed by atoms with Crippen molar-refractivity contribution in [1.82, 2.24) is 4.90 Å². The predicted molar refractivity (Wildman–Crippen MR) is 75.5 cm³/mol. The zero-order valence-electron chi connectivity index (χ0n) is 11.8. The Morgan fingerprint density at radius 2 is 1.86 bits per heavy atom. The summed E-state index contributed by atoms with van der Waals surface area (Å²) in [7, 11) is 0. The molecule has 2 fully saturated rings. The summed E-state index contributed by atoms with van der Waals surface area (Å²) in [4.78, 5) is 26.4. The molecule has 1 aromatic rings. The Hall–Kier alpha value is -1.72. The van der Waals surface area contributed by atoms with Crippen LogP contribution in [0.25, 0.3) is 0 Å². The molecular weight excluding hydrogens is 270 g/mol. The number of imide groups is 1. The van der Waals surface area contributed by atoms with E-state index in [4.69, 9.17) is 4.74 Å². The van der Waals surface area contributed by atoms with Gasteiger partial charge in [0.1, 0.15) is 0 Å². The maximum atomic E-state index is 12.7. The van der Waals surface area contributed by atoms with Crippen LogP contribution in [0.1, 0.15) is 30.7 Å². The van der Waals surface area contributed by atoms with Gasteiger partial charge in [-0.25, -0.2) is 0 Å². The van der Waals surface area contributed by atoms with Gasteiger partial charge in [0.05, 0.1) is 18.1 Å². The summed E-state index contributed by atoms with van der Waals surface area (Å²) in [6.45, 7) is 0.733. The van der Waals surface area contributed by atoms with Gasteiger partial charge in [0.15, 0.2) is 0 Å². The number of hydrogen-bond acceptors (Lipinski definition) is 4. The molecule has 0 saturated carbocycles. The third-order valence-corrected chi connectivity index (χ3v) is 4.54. The Morgan fingerprint density at radius 3 is 2.48 bits per heavy atom. The number of likely N-dealkylation sites (tertiary alicyclic amines) is 1. The van der Waals surface area contributed by atoms with Crippen LogP contribution in [0.3, 0.4) is 0 Å². The number of rotatable bonds is 3. The van der Waals surface area contributed by atoms with Crippen LogP contribution in [0.4, 0.5) is 0 Å². The van der Waals surface area contributed by atoms with E-state index in [1.807, 2.05) is 30.3 Å². The smallest absolute Gasteiger partial charge is 0.237 e. The summed E-state index contributed by atoms with van der Waals surface area (Å²) in [6.07, 6.45) is 1.19. The molecular formula is C16H19NO4. The van der Waals surface area contributed by atoms with Gasteiger partial charge in [-0.15, -0.1) is 0 Å². The van der Waals surface area contributed by atoms with Crippen LogP contribution in [0.5, 0.6) is 0 Å². The fourth-order valence-electron chi connectivity index (χ4n) is 3.28. The van der Waals surface area contributed by atoms with E-state index in [1.165, 1.54) is 4.90 Å². The van der Waals surface area contributed by atoms with Crippen molar-refractivity contribution in [3.8, 4) is 0 Å². The molecule has 1 atom stereocenters. The number of carbonyl (C=O) groups is 2. The lowest BCUT2D eigenvalue weighted by atomic mass is 9.88. The van der Waals surface area contributed by atoms with Crippen LogP contribution < -0.4 is 0 Å². The number of benzene rings is 1. The fraction of sp³-hybridized carbons (Fsp3) is 0.500. The first-order valence-electron chi connectivity index (χ1n) is 7.28. The highest BCUT2D eigenvalue weighted by Crippen LogP contribution is 2.38. The number of hydrogen-bond donors (Lipinski definition) is 1. The predicted octanol–water partition coefficient (Wildman–Crippen LogP) is 1.07. The molecule has 0 bridgehead atoms. The molecule has 2 amide bonds. The maximum absolute atomic E-state index is 12.7. The summed E-state index contributed by atoms with van der Waals surface area (Å²) in [5, 5.41) is 9.79. The topological polar surface area (TPSA) is 66.8 Å². The van der Waals surface area contributed by atoms with Gasteiger partial charge in [-0.05, 0) is 18.4 Å². The molecule has 21 heavy (non-hydrogen) atoms. The van der Waals surface area contributed by atoms with Gasteiger partial charge in [0.2, 0.25) is 11.8 Å². The maximum Gasteiger partial charge on any atom is 0.237 e. The van der Waals surface area contributed by atoms with Crippen LogP contribution >= 0.6 is 0 Å².